The minimum absolute atomic E-state index is 0.0291. The Labute approximate surface area is 152 Å². The van der Waals surface area contributed by atoms with E-state index in [1.165, 1.54) is 5.57 Å². The van der Waals surface area contributed by atoms with Gasteiger partial charge in [-0.1, -0.05) is 11.6 Å². The van der Waals surface area contributed by atoms with Crippen LogP contribution in [0, 0.1) is 6.92 Å². The first-order chi connectivity index (χ1) is 12.0. The summed E-state index contributed by atoms with van der Waals surface area (Å²) in [5.74, 6) is -0.112. The Balaban J connectivity index is 1.67. The van der Waals surface area contributed by atoms with Gasteiger partial charge < -0.3 is 14.8 Å². The van der Waals surface area contributed by atoms with E-state index in [1.807, 2.05) is 45.0 Å². The van der Waals surface area contributed by atoms with Gasteiger partial charge in [-0.2, -0.15) is 0 Å². The van der Waals surface area contributed by atoms with E-state index in [9.17, 15) is 4.79 Å². The molecule has 0 spiro atoms. The number of thiazole rings is 1. The Morgan fingerprint density at radius 3 is 3.12 bits per heavy atom. The number of hydrogen-bond donors (Lipinski definition) is 1. The fourth-order valence-corrected chi connectivity index (χ4v) is 3.63. The van der Waals surface area contributed by atoms with E-state index in [0.29, 0.717) is 25.4 Å². The van der Waals surface area contributed by atoms with Gasteiger partial charge in [0.2, 0.25) is 0 Å². The van der Waals surface area contributed by atoms with Crippen molar-refractivity contribution < 1.29 is 14.3 Å². The SMILES string of the molecule is CC(C)=CCO[C@@H]1CCOC[C@@H]1NC(=O)c1ccc2sc(C)nc2c1. The van der Waals surface area contributed by atoms with Crippen LogP contribution in [0.25, 0.3) is 10.2 Å². The van der Waals surface area contributed by atoms with Crippen LogP contribution < -0.4 is 5.32 Å². The number of rotatable bonds is 5. The van der Waals surface area contributed by atoms with E-state index in [0.717, 1.165) is 21.6 Å². The third kappa shape index (κ3) is 4.66. The van der Waals surface area contributed by atoms with Crippen LogP contribution in [0.1, 0.15) is 35.6 Å². The fraction of sp³-hybridized carbons (Fsp3) is 0.474. The van der Waals surface area contributed by atoms with Gasteiger partial charge in [-0.15, -0.1) is 11.3 Å². The van der Waals surface area contributed by atoms with Crippen molar-refractivity contribution in [1.82, 2.24) is 10.3 Å². The van der Waals surface area contributed by atoms with Gasteiger partial charge in [0.15, 0.2) is 0 Å². The third-order valence-electron chi connectivity index (χ3n) is 4.17. The second kappa shape index (κ2) is 8.08. The molecule has 1 N–H and O–H groups in total. The molecular formula is C19H24N2O3S. The van der Waals surface area contributed by atoms with Gasteiger partial charge in [-0.05, 0) is 45.4 Å². The number of amides is 1. The average molecular weight is 360 g/mol. The molecule has 3 rings (SSSR count). The highest BCUT2D eigenvalue weighted by Crippen LogP contribution is 2.22. The molecule has 1 amide bonds. The Bertz CT molecular complexity index is 780. The fourth-order valence-electron chi connectivity index (χ4n) is 2.83. The molecule has 0 radical (unpaired) electrons. The maximum atomic E-state index is 12.6. The van der Waals surface area contributed by atoms with E-state index in [1.54, 1.807) is 11.3 Å². The topological polar surface area (TPSA) is 60.5 Å². The maximum absolute atomic E-state index is 12.6. The molecule has 25 heavy (non-hydrogen) atoms. The van der Waals surface area contributed by atoms with Crippen molar-refractivity contribution >= 4 is 27.5 Å². The van der Waals surface area contributed by atoms with Crippen LogP contribution in [-0.4, -0.2) is 42.9 Å². The summed E-state index contributed by atoms with van der Waals surface area (Å²) in [4.78, 5) is 17.1. The van der Waals surface area contributed by atoms with Crippen molar-refractivity contribution in [2.24, 2.45) is 0 Å². The van der Waals surface area contributed by atoms with Crippen LogP contribution in [-0.2, 0) is 9.47 Å². The molecule has 6 heteroatoms. The summed E-state index contributed by atoms with van der Waals surface area (Å²) in [5.41, 5.74) is 2.71. The molecule has 2 aromatic rings. The zero-order valence-corrected chi connectivity index (χ0v) is 15.7. The number of hydrogen-bond acceptors (Lipinski definition) is 5. The van der Waals surface area contributed by atoms with Crippen molar-refractivity contribution in [3.8, 4) is 0 Å². The summed E-state index contributed by atoms with van der Waals surface area (Å²) >= 11 is 1.63. The molecule has 134 valence electrons. The van der Waals surface area contributed by atoms with Crippen LogP contribution in [0.2, 0.25) is 0 Å². The first-order valence-corrected chi connectivity index (χ1v) is 9.35. The van der Waals surface area contributed by atoms with Crippen molar-refractivity contribution in [3.63, 3.8) is 0 Å². The normalized spacial score (nSPS) is 20.4. The number of nitrogens with zero attached hydrogens (tertiary/aromatic N) is 1. The summed E-state index contributed by atoms with van der Waals surface area (Å²) in [5, 5.41) is 4.06. The molecule has 1 fully saturated rings. The Morgan fingerprint density at radius 2 is 2.32 bits per heavy atom. The lowest BCUT2D eigenvalue weighted by molar-refractivity contribution is -0.0457. The van der Waals surface area contributed by atoms with Crippen molar-refractivity contribution in [3.05, 3.63) is 40.4 Å². The summed E-state index contributed by atoms with van der Waals surface area (Å²) < 4.78 is 12.6. The third-order valence-corrected chi connectivity index (χ3v) is 5.12. The molecular weight excluding hydrogens is 336 g/mol. The molecule has 0 aliphatic carbocycles. The number of carbonyl (C=O) groups is 1. The first-order valence-electron chi connectivity index (χ1n) is 8.53. The molecule has 1 aliphatic heterocycles. The zero-order valence-electron chi connectivity index (χ0n) is 14.9. The van der Waals surface area contributed by atoms with Gasteiger partial charge in [-0.3, -0.25) is 4.79 Å². The number of nitrogens with one attached hydrogen (secondary N) is 1. The van der Waals surface area contributed by atoms with Crippen molar-refractivity contribution in [2.45, 2.75) is 39.3 Å². The molecule has 1 aromatic heterocycles. The minimum atomic E-state index is -0.139. The van der Waals surface area contributed by atoms with Crippen molar-refractivity contribution in [2.75, 3.05) is 19.8 Å². The first kappa shape index (κ1) is 18.0. The predicted molar refractivity (Wildman–Crippen MR) is 100 cm³/mol. The molecule has 0 unspecified atom stereocenters. The van der Waals surface area contributed by atoms with Gasteiger partial charge in [0, 0.05) is 12.2 Å². The summed E-state index contributed by atoms with van der Waals surface area (Å²) in [6, 6.07) is 5.50. The van der Waals surface area contributed by atoms with Crippen LogP contribution in [0.3, 0.4) is 0 Å². The largest absolute Gasteiger partial charge is 0.379 e. The van der Waals surface area contributed by atoms with E-state index in [4.69, 9.17) is 9.47 Å². The quantitative estimate of drug-likeness (QED) is 0.830. The van der Waals surface area contributed by atoms with Crippen LogP contribution in [0.5, 0.6) is 0 Å². The van der Waals surface area contributed by atoms with E-state index >= 15 is 0 Å². The highest BCUT2D eigenvalue weighted by molar-refractivity contribution is 7.18. The van der Waals surface area contributed by atoms with Gasteiger partial charge in [0.1, 0.15) is 0 Å². The molecule has 1 saturated heterocycles. The smallest absolute Gasteiger partial charge is 0.251 e. The standard InChI is InChI=1S/C19H24N2O3S/c1-12(2)6-9-24-17-7-8-23-11-16(17)21-19(22)14-4-5-18-15(10-14)20-13(3)25-18/h4-6,10,16-17H,7-9,11H2,1-3H3,(H,21,22)/t16-,17+/m0/s1. The van der Waals surface area contributed by atoms with Crippen molar-refractivity contribution in [1.29, 1.82) is 0 Å². The second-order valence-electron chi connectivity index (χ2n) is 6.51. The Kier molecular flexibility index (Phi) is 5.83. The van der Waals surface area contributed by atoms with Crippen LogP contribution >= 0.6 is 11.3 Å². The van der Waals surface area contributed by atoms with Gasteiger partial charge in [0.05, 0.1) is 40.6 Å². The van der Waals surface area contributed by atoms with E-state index in [2.05, 4.69) is 10.3 Å². The van der Waals surface area contributed by atoms with Gasteiger partial charge >= 0.3 is 0 Å². The molecule has 5 nitrogen and oxygen atoms in total. The summed E-state index contributed by atoms with van der Waals surface area (Å²) in [6.07, 6.45) is 2.80. The molecule has 1 aromatic carbocycles. The zero-order chi connectivity index (χ0) is 17.8. The predicted octanol–water partition coefficient (Wildman–Crippen LogP) is 3.47. The van der Waals surface area contributed by atoms with E-state index < -0.39 is 0 Å². The lowest BCUT2D eigenvalue weighted by Gasteiger charge is -2.31. The Hall–Kier alpha value is -1.76. The lowest BCUT2D eigenvalue weighted by atomic mass is 10.1. The van der Waals surface area contributed by atoms with Gasteiger partial charge in [-0.25, -0.2) is 4.98 Å². The number of aryl methyl sites for hydroxylation is 1. The number of fused-ring (bicyclic) bond motifs is 1. The summed E-state index contributed by atoms with van der Waals surface area (Å²) in [7, 11) is 0. The van der Waals surface area contributed by atoms with Crippen LogP contribution in [0.15, 0.2) is 29.8 Å². The summed E-state index contributed by atoms with van der Waals surface area (Å²) in [6.45, 7) is 7.76. The average Bonchev–Trinajstić information content (AvgIpc) is 2.95. The number of aromatic nitrogens is 1. The Morgan fingerprint density at radius 1 is 1.48 bits per heavy atom. The molecule has 2 heterocycles. The number of carbonyl (C=O) groups excluding carboxylic acids is 1. The molecule has 0 bridgehead atoms. The highest BCUT2D eigenvalue weighted by Gasteiger charge is 2.28. The number of ether oxygens (including phenoxy) is 2. The number of allylic oxidation sites excluding steroid dienone is 1. The molecule has 0 saturated carbocycles. The monoisotopic (exact) mass is 360 g/mol. The maximum Gasteiger partial charge on any atom is 0.251 e. The lowest BCUT2D eigenvalue weighted by Crippen LogP contribution is -2.50. The number of benzene rings is 1. The van der Waals surface area contributed by atoms with Gasteiger partial charge in [0.25, 0.3) is 5.91 Å². The molecule has 1 aliphatic rings. The minimum Gasteiger partial charge on any atom is -0.379 e. The highest BCUT2D eigenvalue weighted by atomic mass is 32.1. The van der Waals surface area contributed by atoms with Crippen LogP contribution in [0.4, 0.5) is 0 Å². The van der Waals surface area contributed by atoms with E-state index in [-0.39, 0.29) is 18.1 Å². The molecule has 2 atom stereocenters. The second-order valence-corrected chi connectivity index (χ2v) is 7.75.